The van der Waals surface area contributed by atoms with Gasteiger partial charge in [0.15, 0.2) is 0 Å². The van der Waals surface area contributed by atoms with Crippen molar-refractivity contribution in [3.8, 4) is 0 Å². The fraction of sp³-hybridized carbons (Fsp3) is 0.444. The highest BCUT2D eigenvalue weighted by Gasteiger charge is 2.27. The number of hydrogen-bond donors (Lipinski definition) is 0. The van der Waals surface area contributed by atoms with Gasteiger partial charge in [-0.15, -0.1) is 0 Å². The smallest absolute Gasteiger partial charge is 0.257 e. The van der Waals surface area contributed by atoms with Crippen LogP contribution >= 0.6 is 11.3 Å². The van der Waals surface area contributed by atoms with E-state index < -0.39 is 0 Å². The van der Waals surface area contributed by atoms with Crippen LogP contribution < -0.4 is 0 Å². The molecule has 1 aliphatic carbocycles. The molecule has 1 saturated heterocycles. The van der Waals surface area contributed by atoms with Crippen molar-refractivity contribution >= 4 is 23.2 Å². The van der Waals surface area contributed by atoms with Crippen molar-refractivity contribution in [1.29, 1.82) is 0 Å². The first-order valence-electron chi connectivity index (χ1n) is 8.65. The highest BCUT2D eigenvalue weighted by molar-refractivity contribution is 7.08. The normalized spacial score (nSPS) is 18.1. The Morgan fingerprint density at radius 1 is 0.960 bits per heavy atom. The van der Waals surface area contributed by atoms with Crippen LogP contribution in [0.25, 0.3) is 0 Å². The molecule has 2 aliphatic rings. The lowest BCUT2D eigenvalue weighted by Crippen LogP contribution is -2.37. The van der Waals surface area contributed by atoms with E-state index in [1.54, 1.807) is 17.3 Å². The van der Waals surface area contributed by atoms with Crippen molar-refractivity contribution in [2.75, 3.05) is 26.2 Å². The minimum atomic E-state index is -0.0489. The summed E-state index contributed by atoms with van der Waals surface area (Å²) in [6.45, 7) is 2.42. The van der Waals surface area contributed by atoms with Crippen molar-refractivity contribution < 1.29 is 9.59 Å². The molecule has 2 aromatic rings. The molecule has 0 radical (unpaired) electrons. The molecule has 0 unspecified atom stereocenters. The van der Waals surface area contributed by atoms with E-state index in [-0.39, 0.29) is 11.8 Å². The molecule has 25 heavy (non-hydrogen) atoms. The van der Waals surface area contributed by atoms with Crippen molar-refractivity contribution in [2.45, 2.75) is 25.2 Å². The van der Waals surface area contributed by atoms with E-state index >= 15 is 0 Å². The zero-order valence-electron chi connectivity index (χ0n) is 13.9. The van der Waals surface area contributed by atoms with Crippen LogP contribution in [0.5, 0.6) is 0 Å². The van der Waals surface area contributed by atoms with Gasteiger partial charge in [0.05, 0.1) is 11.1 Å². The van der Waals surface area contributed by atoms with Crippen LogP contribution in [0.4, 0.5) is 0 Å². The molecule has 0 spiro atoms. The maximum absolute atomic E-state index is 12.7. The van der Waals surface area contributed by atoms with Gasteiger partial charge < -0.3 is 9.80 Å². The van der Waals surface area contributed by atoms with Gasteiger partial charge in [-0.3, -0.25) is 9.59 Å². The van der Waals surface area contributed by atoms with Crippen LogP contribution in [0.1, 0.15) is 51.7 Å². The van der Waals surface area contributed by atoms with E-state index in [4.69, 9.17) is 0 Å². The van der Waals surface area contributed by atoms with Gasteiger partial charge in [-0.05, 0) is 30.7 Å². The summed E-state index contributed by atoms with van der Waals surface area (Å²) in [6, 6.07) is 1.85. The molecule has 2 aromatic heterocycles. The second kappa shape index (κ2) is 6.92. The highest BCUT2D eigenvalue weighted by atomic mass is 32.1. The minimum Gasteiger partial charge on any atom is -0.337 e. The molecule has 4 rings (SSSR count). The third-order valence-corrected chi connectivity index (χ3v) is 5.38. The third-order valence-electron chi connectivity index (χ3n) is 4.70. The van der Waals surface area contributed by atoms with Crippen molar-refractivity contribution in [1.82, 2.24) is 19.8 Å². The molecule has 130 valence electrons. The number of carbonyl (C=O) groups is 2. The predicted octanol–water partition coefficient (Wildman–Crippen LogP) is 2.40. The Labute approximate surface area is 150 Å². The zero-order valence-corrected chi connectivity index (χ0v) is 14.7. The van der Waals surface area contributed by atoms with Crippen molar-refractivity contribution in [2.24, 2.45) is 0 Å². The van der Waals surface area contributed by atoms with Crippen LogP contribution in [0.2, 0.25) is 0 Å². The number of rotatable bonds is 3. The molecule has 6 nitrogen and oxygen atoms in total. The second-order valence-corrected chi connectivity index (χ2v) is 7.33. The lowest BCUT2D eigenvalue weighted by molar-refractivity contribution is 0.0718. The van der Waals surface area contributed by atoms with Crippen LogP contribution in [0.3, 0.4) is 0 Å². The van der Waals surface area contributed by atoms with Gasteiger partial charge in [-0.25, -0.2) is 9.97 Å². The van der Waals surface area contributed by atoms with Crippen molar-refractivity contribution in [3.05, 3.63) is 46.2 Å². The Bertz CT molecular complexity index is 756. The summed E-state index contributed by atoms with van der Waals surface area (Å²) in [5, 5.41) is 3.78. The van der Waals surface area contributed by atoms with Crippen LogP contribution in [-0.4, -0.2) is 57.8 Å². The maximum atomic E-state index is 12.7. The lowest BCUT2D eigenvalue weighted by Gasteiger charge is -2.22. The Kier molecular flexibility index (Phi) is 4.48. The number of nitrogens with zero attached hydrogens (tertiary/aromatic N) is 4. The molecular formula is C18H20N4O2S. The molecule has 7 heteroatoms. The molecule has 2 amide bonds. The molecule has 2 fully saturated rings. The quantitative estimate of drug-likeness (QED) is 0.847. The summed E-state index contributed by atoms with van der Waals surface area (Å²) < 4.78 is 0. The van der Waals surface area contributed by atoms with E-state index in [1.807, 2.05) is 21.7 Å². The van der Waals surface area contributed by atoms with E-state index in [9.17, 15) is 9.59 Å². The summed E-state index contributed by atoms with van der Waals surface area (Å²) in [6.07, 6.45) is 6.35. The van der Waals surface area contributed by atoms with Gasteiger partial charge >= 0.3 is 0 Å². The molecular weight excluding hydrogens is 336 g/mol. The lowest BCUT2D eigenvalue weighted by atomic mass is 10.2. The molecule has 0 aromatic carbocycles. The Hall–Kier alpha value is -2.28. The Morgan fingerprint density at radius 2 is 1.60 bits per heavy atom. The largest absolute Gasteiger partial charge is 0.337 e. The van der Waals surface area contributed by atoms with E-state index in [0.29, 0.717) is 37.7 Å². The average molecular weight is 356 g/mol. The first-order chi connectivity index (χ1) is 12.2. The topological polar surface area (TPSA) is 66.4 Å². The Morgan fingerprint density at radius 3 is 2.16 bits per heavy atom. The van der Waals surface area contributed by atoms with Crippen molar-refractivity contribution in [3.63, 3.8) is 0 Å². The highest BCUT2D eigenvalue weighted by Crippen LogP contribution is 2.37. The number of thiophene rings is 1. The fourth-order valence-corrected chi connectivity index (χ4v) is 3.71. The average Bonchev–Trinajstić information content (AvgIpc) is 3.41. The number of amides is 2. The first-order valence-corrected chi connectivity index (χ1v) is 9.59. The standard InChI is InChI=1S/C18H20N4O2S/c23-17(14-4-9-25-12-14)21-5-1-6-22(8-7-21)18(24)15-10-19-16(20-11-15)13-2-3-13/h4,9-13H,1-3,5-8H2. The van der Waals surface area contributed by atoms with E-state index in [1.165, 1.54) is 11.3 Å². The fourth-order valence-electron chi connectivity index (χ4n) is 3.08. The second-order valence-electron chi connectivity index (χ2n) is 6.55. The molecule has 1 aliphatic heterocycles. The van der Waals surface area contributed by atoms with Crippen LogP contribution in [0, 0.1) is 0 Å². The number of carbonyl (C=O) groups excluding carboxylic acids is 2. The molecule has 0 N–H and O–H groups in total. The van der Waals surface area contributed by atoms with Gasteiger partial charge in [0.25, 0.3) is 11.8 Å². The Balaban J connectivity index is 1.39. The minimum absolute atomic E-state index is 0.0488. The monoisotopic (exact) mass is 356 g/mol. The van der Waals surface area contributed by atoms with Gasteiger partial charge in [0, 0.05) is 49.9 Å². The summed E-state index contributed by atoms with van der Waals surface area (Å²) in [5.41, 5.74) is 1.26. The van der Waals surface area contributed by atoms with Gasteiger partial charge in [0.1, 0.15) is 5.82 Å². The summed E-state index contributed by atoms with van der Waals surface area (Å²) in [7, 11) is 0. The third kappa shape index (κ3) is 3.56. The zero-order chi connectivity index (χ0) is 17.2. The van der Waals surface area contributed by atoms with E-state index in [2.05, 4.69) is 9.97 Å². The summed E-state index contributed by atoms with van der Waals surface area (Å²) in [4.78, 5) is 37.5. The van der Waals surface area contributed by atoms with E-state index in [0.717, 1.165) is 30.7 Å². The number of hydrogen-bond acceptors (Lipinski definition) is 5. The molecule has 3 heterocycles. The van der Waals surface area contributed by atoms with Gasteiger partial charge in [-0.1, -0.05) is 0 Å². The molecule has 0 bridgehead atoms. The summed E-state index contributed by atoms with van der Waals surface area (Å²) >= 11 is 1.52. The molecule has 0 atom stereocenters. The first kappa shape index (κ1) is 16.2. The number of aromatic nitrogens is 2. The predicted molar refractivity (Wildman–Crippen MR) is 94.8 cm³/mol. The van der Waals surface area contributed by atoms with Gasteiger partial charge in [-0.2, -0.15) is 11.3 Å². The maximum Gasteiger partial charge on any atom is 0.257 e. The van der Waals surface area contributed by atoms with Crippen LogP contribution in [0.15, 0.2) is 29.2 Å². The SMILES string of the molecule is O=C(c1cnc(C2CC2)nc1)N1CCCN(C(=O)c2ccsc2)CC1. The summed E-state index contributed by atoms with van der Waals surface area (Å²) in [5.74, 6) is 1.33. The van der Waals surface area contributed by atoms with Gasteiger partial charge in [0.2, 0.25) is 0 Å². The van der Waals surface area contributed by atoms with Crippen LogP contribution in [-0.2, 0) is 0 Å². The molecule has 1 saturated carbocycles.